The number of hydrogen-bond donors (Lipinski definition) is 1. The molecule has 2 fully saturated rings. The van der Waals surface area contributed by atoms with Crippen LogP contribution in [0.15, 0.2) is 30.3 Å². The van der Waals surface area contributed by atoms with Gasteiger partial charge in [-0.15, -0.1) is 0 Å². The zero-order valence-electron chi connectivity index (χ0n) is 12.3. The van der Waals surface area contributed by atoms with Crippen LogP contribution in [0.3, 0.4) is 0 Å². The van der Waals surface area contributed by atoms with Crippen LogP contribution >= 0.6 is 0 Å². The zero-order valence-corrected chi connectivity index (χ0v) is 12.3. The summed E-state index contributed by atoms with van der Waals surface area (Å²) in [6.45, 7) is 6.03. The van der Waals surface area contributed by atoms with Crippen molar-refractivity contribution in [2.75, 3.05) is 52.5 Å². The Bertz CT molecular complexity index is 460. The van der Waals surface area contributed by atoms with Crippen LogP contribution < -0.4 is 5.32 Å². The van der Waals surface area contributed by atoms with Gasteiger partial charge >= 0.3 is 0 Å². The average molecular weight is 289 g/mol. The highest BCUT2D eigenvalue weighted by Gasteiger charge is 2.27. The Labute approximate surface area is 125 Å². The molecular weight excluding hydrogens is 266 g/mol. The van der Waals surface area contributed by atoms with E-state index in [2.05, 4.69) is 34.5 Å². The molecular formula is C16H23N3O2. The number of carbonyl (C=O) groups is 1. The van der Waals surface area contributed by atoms with Gasteiger partial charge in [0.2, 0.25) is 5.91 Å². The van der Waals surface area contributed by atoms with Crippen molar-refractivity contribution in [3.63, 3.8) is 0 Å². The molecule has 3 rings (SSSR count). The molecule has 5 nitrogen and oxygen atoms in total. The molecule has 2 saturated heterocycles. The van der Waals surface area contributed by atoms with E-state index in [9.17, 15) is 4.79 Å². The summed E-state index contributed by atoms with van der Waals surface area (Å²) in [5.74, 6) is 0.223. The van der Waals surface area contributed by atoms with Gasteiger partial charge in [0.05, 0.1) is 19.8 Å². The molecule has 0 radical (unpaired) electrons. The van der Waals surface area contributed by atoms with E-state index in [1.165, 1.54) is 5.56 Å². The molecule has 21 heavy (non-hydrogen) atoms. The van der Waals surface area contributed by atoms with Gasteiger partial charge in [-0.2, -0.15) is 0 Å². The second-order valence-corrected chi connectivity index (χ2v) is 5.59. The van der Waals surface area contributed by atoms with Crippen molar-refractivity contribution in [3.8, 4) is 0 Å². The number of ether oxygens (including phenoxy) is 1. The summed E-state index contributed by atoms with van der Waals surface area (Å²) in [7, 11) is 0. The fraction of sp³-hybridized carbons (Fsp3) is 0.562. The van der Waals surface area contributed by atoms with Crippen molar-refractivity contribution in [1.82, 2.24) is 15.1 Å². The standard InChI is InChI=1S/C16H23N3O2/c20-16(18-8-10-21-11-9-18)13-19-7-6-17-12-15(19)14-4-2-1-3-5-14/h1-5,15,17H,6-13H2. The minimum absolute atomic E-state index is 0.223. The Morgan fingerprint density at radius 2 is 1.95 bits per heavy atom. The van der Waals surface area contributed by atoms with Crippen molar-refractivity contribution < 1.29 is 9.53 Å². The van der Waals surface area contributed by atoms with Crippen molar-refractivity contribution in [2.24, 2.45) is 0 Å². The van der Waals surface area contributed by atoms with E-state index in [0.29, 0.717) is 19.8 Å². The molecule has 5 heteroatoms. The minimum Gasteiger partial charge on any atom is -0.378 e. The Morgan fingerprint density at radius 3 is 2.71 bits per heavy atom. The molecule has 1 N–H and O–H groups in total. The Kier molecular flexibility index (Phi) is 4.85. The molecule has 1 atom stereocenters. The van der Waals surface area contributed by atoms with Crippen LogP contribution in [0.1, 0.15) is 11.6 Å². The molecule has 1 aromatic rings. The number of nitrogens with zero attached hydrogens (tertiary/aromatic N) is 2. The third-order valence-corrected chi connectivity index (χ3v) is 4.24. The molecule has 2 aliphatic heterocycles. The summed E-state index contributed by atoms with van der Waals surface area (Å²) in [5.41, 5.74) is 1.28. The summed E-state index contributed by atoms with van der Waals surface area (Å²) in [4.78, 5) is 16.7. The molecule has 114 valence electrons. The smallest absolute Gasteiger partial charge is 0.236 e. The fourth-order valence-electron chi connectivity index (χ4n) is 3.03. The summed E-state index contributed by atoms with van der Waals surface area (Å²) >= 11 is 0. The van der Waals surface area contributed by atoms with Crippen LogP contribution in [-0.4, -0.2) is 68.2 Å². The van der Waals surface area contributed by atoms with Crippen LogP contribution in [0, 0.1) is 0 Å². The normalized spacial score (nSPS) is 24.0. The van der Waals surface area contributed by atoms with Crippen LogP contribution in [0.4, 0.5) is 0 Å². The number of hydrogen-bond acceptors (Lipinski definition) is 4. The van der Waals surface area contributed by atoms with Gasteiger partial charge in [-0.25, -0.2) is 0 Å². The maximum Gasteiger partial charge on any atom is 0.236 e. The maximum absolute atomic E-state index is 12.5. The predicted molar refractivity (Wildman–Crippen MR) is 81.0 cm³/mol. The highest BCUT2D eigenvalue weighted by molar-refractivity contribution is 5.78. The van der Waals surface area contributed by atoms with Gasteiger partial charge in [-0.3, -0.25) is 9.69 Å². The molecule has 0 aliphatic carbocycles. The minimum atomic E-state index is 0.223. The fourth-order valence-corrected chi connectivity index (χ4v) is 3.03. The summed E-state index contributed by atoms with van der Waals surface area (Å²) < 4.78 is 5.31. The van der Waals surface area contributed by atoms with Gasteiger partial charge in [-0.1, -0.05) is 30.3 Å². The van der Waals surface area contributed by atoms with Gasteiger partial charge in [0.1, 0.15) is 0 Å². The first-order valence-corrected chi connectivity index (χ1v) is 7.70. The molecule has 2 aliphatic rings. The quantitative estimate of drug-likeness (QED) is 0.880. The lowest BCUT2D eigenvalue weighted by atomic mass is 10.0. The Balaban J connectivity index is 1.65. The summed E-state index contributed by atoms with van der Waals surface area (Å²) in [5, 5.41) is 3.43. The van der Waals surface area contributed by atoms with Gasteiger partial charge in [0.15, 0.2) is 0 Å². The number of benzene rings is 1. The average Bonchev–Trinajstić information content (AvgIpc) is 2.57. The Morgan fingerprint density at radius 1 is 1.19 bits per heavy atom. The van der Waals surface area contributed by atoms with Crippen LogP contribution in [0.5, 0.6) is 0 Å². The third kappa shape index (κ3) is 3.61. The lowest BCUT2D eigenvalue weighted by molar-refractivity contribution is -0.137. The van der Waals surface area contributed by atoms with Crippen molar-refractivity contribution in [1.29, 1.82) is 0 Å². The molecule has 1 amide bonds. The third-order valence-electron chi connectivity index (χ3n) is 4.24. The monoisotopic (exact) mass is 289 g/mol. The number of piperazine rings is 1. The van der Waals surface area contributed by atoms with E-state index in [4.69, 9.17) is 4.74 Å². The highest BCUT2D eigenvalue weighted by Crippen LogP contribution is 2.21. The van der Waals surface area contributed by atoms with Crippen LogP contribution in [0.2, 0.25) is 0 Å². The second kappa shape index (κ2) is 7.02. The lowest BCUT2D eigenvalue weighted by Crippen LogP contribution is -2.51. The first kappa shape index (κ1) is 14.5. The first-order valence-electron chi connectivity index (χ1n) is 7.70. The Hall–Kier alpha value is -1.43. The highest BCUT2D eigenvalue weighted by atomic mass is 16.5. The molecule has 0 bridgehead atoms. The molecule has 2 heterocycles. The first-order chi connectivity index (χ1) is 10.3. The summed E-state index contributed by atoms with van der Waals surface area (Å²) in [6.07, 6.45) is 0. The molecule has 1 unspecified atom stereocenters. The molecule has 0 saturated carbocycles. The number of morpholine rings is 1. The number of nitrogens with one attached hydrogen (secondary N) is 1. The zero-order chi connectivity index (χ0) is 14.5. The molecule has 1 aromatic carbocycles. The van der Waals surface area contributed by atoms with Crippen molar-refractivity contribution in [2.45, 2.75) is 6.04 Å². The van der Waals surface area contributed by atoms with E-state index in [1.807, 2.05) is 11.0 Å². The van der Waals surface area contributed by atoms with E-state index in [0.717, 1.165) is 32.7 Å². The van der Waals surface area contributed by atoms with Gasteiger partial charge in [0, 0.05) is 38.8 Å². The number of carbonyl (C=O) groups excluding carboxylic acids is 1. The van der Waals surface area contributed by atoms with Crippen LogP contribution in [0.25, 0.3) is 0 Å². The maximum atomic E-state index is 12.5. The second-order valence-electron chi connectivity index (χ2n) is 5.59. The van der Waals surface area contributed by atoms with Gasteiger partial charge in [0.25, 0.3) is 0 Å². The van der Waals surface area contributed by atoms with E-state index >= 15 is 0 Å². The molecule has 0 aromatic heterocycles. The van der Waals surface area contributed by atoms with E-state index in [1.54, 1.807) is 0 Å². The lowest BCUT2D eigenvalue weighted by Gasteiger charge is -2.37. The number of amides is 1. The SMILES string of the molecule is O=C(CN1CCNCC1c1ccccc1)N1CCOCC1. The summed E-state index contributed by atoms with van der Waals surface area (Å²) in [6, 6.07) is 10.7. The van der Waals surface area contributed by atoms with E-state index in [-0.39, 0.29) is 11.9 Å². The van der Waals surface area contributed by atoms with Crippen LogP contribution in [-0.2, 0) is 9.53 Å². The number of rotatable bonds is 3. The van der Waals surface area contributed by atoms with Crippen molar-refractivity contribution in [3.05, 3.63) is 35.9 Å². The topological polar surface area (TPSA) is 44.8 Å². The van der Waals surface area contributed by atoms with E-state index < -0.39 is 0 Å². The predicted octanol–water partition coefficient (Wildman–Crippen LogP) is 0.492. The largest absolute Gasteiger partial charge is 0.378 e. The van der Waals surface area contributed by atoms with Crippen molar-refractivity contribution >= 4 is 5.91 Å². The van der Waals surface area contributed by atoms with Gasteiger partial charge in [-0.05, 0) is 5.56 Å². The van der Waals surface area contributed by atoms with Gasteiger partial charge < -0.3 is 15.0 Å². The molecule has 0 spiro atoms.